The van der Waals surface area contributed by atoms with Crippen molar-refractivity contribution < 1.29 is 9.53 Å². The number of fused-ring (bicyclic) bond motifs is 1. The number of rotatable bonds is 4. The van der Waals surface area contributed by atoms with E-state index in [9.17, 15) is 4.79 Å². The zero-order valence-corrected chi connectivity index (χ0v) is 15.8. The normalized spacial score (nSPS) is 20.3. The van der Waals surface area contributed by atoms with Gasteiger partial charge in [0.15, 0.2) is 0 Å². The molecule has 0 aliphatic carbocycles. The van der Waals surface area contributed by atoms with Gasteiger partial charge < -0.3 is 14.5 Å². The van der Waals surface area contributed by atoms with Crippen LogP contribution in [0.5, 0.6) is 0 Å². The third kappa shape index (κ3) is 4.17. The highest BCUT2D eigenvalue weighted by Gasteiger charge is 2.23. The van der Waals surface area contributed by atoms with Gasteiger partial charge in [-0.15, -0.1) is 0 Å². The van der Waals surface area contributed by atoms with Gasteiger partial charge in [-0.1, -0.05) is 18.2 Å². The fourth-order valence-corrected chi connectivity index (χ4v) is 3.82. The van der Waals surface area contributed by atoms with Crippen molar-refractivity contribution in [2.45, 2.75) is 31.8 Å². The van der Waals surface area contributed by atoms with Gasteiger partial charge in [0.1, 0.15) is 6.10 Å². The summed E-state index contributed by atoms with van der Waals surface area (Å²) in [4.78, 5) is 26.0. The number of carbonyl (C=O) groups excluding carboxylic acids is 1. The fraction of sp³-hybridized carbons (Fsp3) is 0.476. The van der Waals surface area contributed by atoms with Gasteiger partial charge >= 0.3 is 0 Å². The van der Waals surface area contributed by atoms with Crippen molar-refractivity contribution in [3.05, 3.63) is 53.6 Å². The van der Waals surface area contributed by atoms with Crippen LogP contribution in [0.25, 0.3) is 0 Å². The Kier molecular flexibility index (Phi) is 5.45. The molecular weight excluding hydrogens is 340 g/mol. The summed E-state index contributed by atoms with van der Waals surface area (Å²) >= 11 is 0. The maximum atomic E-state index is 12.8. The molecule has 6 heteroatoms. The minimum Gasteiger partial charge on any atom is -0.369 e. The van der Waals surface area contributed by atoms with Crippen molar-refractivity contribution in [3.8, 4) is 0 Å². The molecule has 2 aromatic rings. The summed E-state index contributed by atoms with van der Waals surface area (Å²) in [6, 6.07) is 8.20. The minimum atomic E-state index is -0.0409. The maximum absolute atomic E-state index is 12.8. The second-order valence-corrected chi connectivity index (χ2v) is 7.33. The van der Waals surface area contributed by atoms with Gasteiger partial charge in [0, 0.05) is 37.9 Å². The lowest BCUT2D eigenvalue weighted by Crippen LogP contribution is -2.36. The molecule has 2 aliphatic rings. The summed E-state index contributed by atoms with van der Waals surface area (Å²) < 4.78 is 5.83. The molecule has 0 saturated carbocycles. The molecule has 4 rings (SSSR count). The zero-order valence-electron chi connectivity index (χ0n) is 15.8. The number of aromatic nitrogens is 2. The Morgan fingerprint density at radius 3 is 3.04 bits per heavy atom. The Labute approximate surface area is 160 Å². The van der Waals surface area contributed by atoms with Gasteiger partial charge in [0.25, 0.3) is 0 Å². The van der Waals surface area contributed by atoms with Crippen molar-refractivity contribution in [1.29, 1.82) is 0 Å². The Morgan fingerprint density at radius 2 is 2.15 bits per heavy atom. The highest BCUT2D eigenvalue weighted by molar-refractivity contribution is 5.94. The summed E-state index contributed by atoms with van der Waals surface area (Å²) in [6.07, 6.45) is 6.59. The first-order valence-electron chi connectivity index (χ1n) is 9.70. The number of likely N-dealkylation sites (N-methyl/N-ethyl adjacent to an activating group) is 1. The SMILES string of the molecule is CN1CCOC(c2cncc(CCC(=O)N3CCCc4ccccc43)n2)C1. The average Bonchev–Trinajstić information content (AvgIpc) is 2.72. The van der Waals surface area contributed by atoms with Crippen molar-refractivity contribution in [1.82, 2.24) is 14.9 Å². The first-order valence-corrected chi connectivity index (χ1v) is 9.70. The van der Waals surface area contributed by atoms with Crippen molar-refractivity contribution in [3.63, 3.8) is 0 Å². The number of morpholine rings is 1. The number of benzene rings is 1. The van der Waals surface area contributed by atoms with E-state index in [2.05, 4.69) is 23.0 Å². The lowest BCUT2D eigenvalue weighted by Gasteiger charge is -2.30. The Morgan fingerprint density at radius 1 is 1.26 bits per heavy atom. The highest BCUT2D eigenvalue weighted by Crippen LogP contribution is 2.27. The monoisotopic (exact) mass is 366 g/mol. The predicted octanol–water partition coefficient (Wildman–Crippen LogP) is 2.39. The molecule has 1 saturated heterocycles. The molecule has 1 fully saturated rings. The van der Waals surface area contributed by atoms with Gasteiger partial charge in [-0.3, -0.25) is 14.8 Å². The molecule has 1 atom stereocenters. The third-order valence-corrected chi connectivity index (χ3v) is 5.31. The van der Waals surface area contributed by atoms with Crippen LogP contribution in [0.4, 0.5) is 5.69 Å². The third-order valence-electron chi connectivity index (χ3n) is 5.31. The van der Waals surface area contributed by atoms with Crippen LogP contribution in [0.15, 0.2) is 36.7 Å². The number of amides is 1. The molecule has 3 heterocycles. The van der Waals surface area contributed by atoms with Gasteiger partial charge in [-0.05, 0) is 37.9 Å². The van der Waals surface area contributed by atoms with Gasteiger partial charge in [0.05, 0.1) is 24.2 Å². The first-order chi connectivity index (χ1) is 13.2. The molecule has 1 aromatic heterocycles. The number of nitrogens with zero attached hydrogens (tertiary/aromatic N) is 4. The van der Waals surface area contributed by atoms with E-state index in [-0.39, 0.29) is 12.0 Å². The molecule has 1 aromatic carbocycles. The number of aryl methyl sites for hydroxylation is 2. The Hall–Kier alpha value is -2.31. The molecule has 0 N–H and O–H groups in total. The lowest BCUT2D eigenvalue weighted by molar-refractivity contribution is -0.118. The molecular formula is C21H26N4O2. The minimum absolute atomic E-state index is 0.0409. The topological polar surface area (TPSA) is 58.6 Å². The van der Waals surface area contributed by atoms with Crippen LogP contribution in [-0.4, -0.2) is 54.1 Å². The van der Waals surface area contributed by atoms with E-state index in [1.165, 1.54) is 5.56 Å². The second kappa shape index (κ2) is 8.15. The van der Waals surface area contributed by atoms with Crippen LogP contribution in [0, 0.1) is 0 Å². The van der Waals surface area contributed by atoms with E-state index in [0.29, 0.717) is 19.4 Å². The number of hydrogen-bond donors (Lipinski definition) is 0. The molecule has 1 unspecified atom stereocenters. The zero-order chi connectivity index (χ0) is 18.6. The van der Waals surface area contributed by atoms with Crippen molar-refractivity contribution in [2.75, 3.05) is 38.2 Å². The van der Waals surface area contributed by atoms with Gasteiger partial charge in [-0.2, -0.15) is 0 Å². The molecule has 2 aliphatic heterocycles. The Balaban J connectivity index is 1.41. The molecule has 0 radical (unpaired) electrons. The van der Waals surface area contributed by atoms with Crippen LogP contribution in [0.3, 0.4) is 0 Å². The van der Waals surface area contributed by atoms with E-state index in [1.54, 1.807) is 12.4 Å². The smallest absolute Gasteiger partial charge is 0.227 e. The van der Waals surface area contributed by atoms with E-state index in [0.717, 1.165) is 49.6 Å². The van der Waals surface area contributed by atoms with E-state index >= 15 is 0 Å². The van der Waals surface area contributed by atoms with Crippen LogP contribution in [-0.2, 0) is 22.4 Å². The van der Waals surface area contributed by atoms with E-state index in [1.807, 2.05) is 23.1 Å². The number of hydrogen-bond acceptors (Lipinski definition) is 5. The van der Waals surface area contributed by atoms with Crippen LogP contribution in [0.2, 0.25) is 0 Å². The number of para-hydroxylation sites is 1. The van der Waals surface area contributed by atoms with Crippen LogP contribution < -0.4 is 4.90 Å². The van der Waals surface area contributed by atoms with E-state index < -0.39 is 0 Å². The standard InChI is InChI=1S/C21H26N4O2/c1-24-11-12-27-20(15-24)18-14-22-13-17(23-18)8-9-21(26)25-10-4-6-16-5-2-3-7-19(16)25/h2-3,5,7,13-14,20H,4,6,8-12,15H2,1H3. The fourth-order valence-electron chi connectivity index (χ4n) is 3.82. The summed E-state index contributed by atoms with van der Waals surface area (Å²) in [5, 5.41) is 0. The Bertz CT molecular complexity index is 810. The largest absolute Gasteiger partial charge is 0.369 e. The molecule has 142 valence electrons. The van der Waals surface area contributed by atoms with Crippen LogP contribution >= 0.6 is 0 Å². The number of anilines is 1. The molecule has 1 amide bonds. The van der Waals surface area contributed by atoms with Crippen LogP contribution in [0.1, 0.15) is 35.9 Å². The first kappa shape index (κ1) is 18.1. The second-order valence-electron chi connectivity index (χ2n) is 7.33. The van der Waals surface area contributed by atoms with Crippen molar-refractivity contribution >= 4 is 11.6 Å². The molecule has 27 heavy (non-hydrogen) atoms. The predicted molar refractivity (Wildman–Crippen MR) is 104 cm³/mol. The van der Waals surface area contributed by atoms with Gasteiger partial charge in [-0.25, -0.2) is 0 Å². The highest BCUT2D eigenvalue weighted by atomic mass is 16.5. The average molecular weight is 366 g/mol. The summed E-state index contributed by atoms with van der Waals surface area (Å²) in [6.45, 7) is 3.26. The van der Waals surface area contributed by atoms with Crippen molar-refractivity contribution in [2.24, 2.45) is 0 Å². The molecule has 0 bridgehead atoms. The lowest BCUT2D eigenvalue weighted by atomic mass is 10.0. The van der Waals surface area contributed by atoms with E-state index in [4.69, 9.17) is 9.72 Å². The number of ether oxygens (including phenoxy) is 1. The molecule has 6 nitrogen and oxygen atoms in total. The summed E-state index contributed by atoms with van der Waals surface area (Å²) in [5.74, 6) is 0.156. The quantitative estimate of drug-likeness (QED) is 0.832. The van der Waals surface area contributed by atoms with Gasteiger partial charge in [0.2, 0.25) is 5.91 Å². The number of carbonyl (C=O) groups is 1. The molecule has 0 spiro atoms. The summed E-state index contributed by atoms with van der Waals surface area (Å²) in [5.41, 5.74) is 4.03. The maximum Gasteiger partial charge on any atom is 0.227 e. The summed E-state index contributed by atoms with van der Waals surface area (Å²) in [7, 11) is 2.09.